The van der Waals surface area contributed by atoms with Gasteiger partial charge < -0.3 is 9.64 Å². The molecule has 2 aliphatic rings. The molecular weight excluding hydrogens is 387 g/mol. The van der Waals surface area contributed by atoms with E-state index in [0.29, 0.717) is 29.4 Å². The van der Waals surface area contributed by atoms with Gasteiger partial charge in [0.2, 0.25) is 11.9 Å². The summed E-state index contributed by atoms with van der Waals surface area (Å²) in [5.41, 5.74) is 0.489. The molecule has 3 heterocycles. The number of aromatic nitrogens is 4. The Kier molecular flexibility index (Phi) is 5.20. The quantitative estimate of drug-likeness (QED) is 0.770. The largest absolute Gasteiger partial charge is 0.355 e. The molecule has 0 unspecified atom stereocenters. The maximum absolute atomic E-state index is 15.3. The van der Waals surface area contributed by atoms with Crippen molar-refractivity contribution in [1.82, 2.24) is 19.5 Å². The van der Waals surface area contributed by atoms with Crippen molar-refractivity contribution < 1.29 is 13.9 Å². The third kappa shape index (κ3) is 3.42. The summed E-state index contributed by atoms with van der Waals surface area (Å²) in [6, 6.07) is 0.391. The highest BCUT2D eigenvalue weighted by atomic mass is 19.1. The lowest BCUT2D eigenvalue weighted by atomic mass is 9.87. The smallest absolute Gasteiger partial charge is 0.233 e. The number of nitrogens with zero attached hydrogens (tertiary/aromatic N) is 5. The summed E-state index contributed by atoms with van der Waals surface area (Å²) in [4.78, 5) is 28.0. The van der Waals surface area contributed by atoms with Gasteiger partial charge in [-0.15, -0.1) is 0 Å². The Hall–Kier alpha value is -2.29. The molecule has 2 aromatic heterocycles. The summed E-state index contributed by atoms with van der Waals surface area (Å²) in [6.07, 6.45) is 2.43. The molecule has 0 spiro atoms. The lowest BCUT2D eigenvalue weighted by Gasteiger charge is -2.26. The zero-order valence-electron chi connectivity index (χ0n) is 18.5. The zero-order chi connectivity index (χ0) is 21.8. The van der Waals surface area contributed by atoms with Gasteiger partial charge in [0.1, 0.15) is 0 Å². The van der Waals surface area contributed by atoms with Crippen LogP contribution in [0.15, 0.2) is 6.33 Å². The maximum atomic E-state index is 15.3. The van der Waals surface area contributed by atoms with Gasteiger partial charge >= 0.3 is 0 Å². The number of nitrogens with one attached hydrogen (secondary N) is 1. The summed E-state index contributed by atoms with van der Waals surface area (Å²) in [5, 5.41) is 2.78. The predicted molar refractivity (Wildman–Crippen MR) is 113 cm³/mol. The molecule has 0 bridgehead atoms. The maximum Gasteiger partial charge on any atom is 0.233 e. The zero-order valence-corrected chi connectivity index (χ0v) is 18.5. The number of halogens is 1. The number of carbonyl (C=O) groups excluding carboxylic acids is 1. The van der Waals surface area contributed by atoms with Crippen LogP contribution in [0.25, 0.3) is 11.2 Å². The summed E-state index contributed by atoms with van der Waals surface area (Å²) in [5.74, 6) is 0.192. The molecule has 4 atom stereocenters. The van der Waals surface area contributed by atoms with E-state index in [4.69, 9.17) is 4.74 Å². The number of ether oxygens (including phenoxy) is 1. The molecular formula is C21H31FN6O2. The second-order valence-corrected chi connectivity index (χ2v) is 9.09. The van der Waals surface area contributed by atoms with Crippen molar-refractivity contribution in [2.45, 2.75) is 77.9 Å². The van der Waals surface area contributed by atoms with Crippen molar-refractivity contribution in [3.8, 4) is 0 Å². The lowest BCUT2D eigenvalue weighted by molar-refractivity contribution is -0.118. The van der Waals surface area contributed by atoms with Crippen molar-refractivity contribution in [3.05, 3.63) is 6.33 Å². The Labute approximate surface area is 176 Å². The van der Waals surface area contributed by atoms with Crippen LogP contribution in [-0.2, 0) is 9.53 Å². The number of imidazole rings is 1. The van der Waals surface area contributed by atoms with E-state index in [9.17, 15) is 4.79 Å². The first-order chi connectivity index (χ1) is 14.2. The summed E-state index contributed by atoms with van der Waals surface area (Å²) in [7, 11) is 1.97. The van der Waals surface area contributed by atoms with E-state index in [1.165, 1.54) is 0 Å². The van der Waals surface area contributed by atoms with Gasteiger partial charge in [0.05, 0.1) is 11.9 Å². The normalized spacial score (nSPS) is 29.0. The number of hydrogen-bond donors (Lipinski definition) is 1. The molecule has 9 heteroatoms. The molecule has 1 saturated heterocycles. The van der Waals surface area contributed by atoms with E-state index in [-0.39, 0.29) is 23.7 Å². The minimum atomic E-state index is -1.19. The Balaban J connectivity index is 1.80. The minimum Gasteiger partial charge on any atom is -0.355 e. The minimum absolute atomic E-state index is 0.173. The van der Waals surface area contributed by atoms with Crippen LogP contribution in [0.2, 0.25) is 0 Å². The summed E-state index contributed by atoms with van der Waals surface area (Å²) < 4.78 is 23.1. The molecule has 8 nitrogen and oxygen atoms in total. The molecule has 1 N–H and O–H groups in total. The van der Waals surface area contributed by atoms with Gasteiger partial charge in [-0.1, -0.05) is 27.7 Å². The molecule has 1 aliphatic heterocycles. The topological polar surface area (TPSA) is 85.2 Å². The lowest BCUT2D eigenvalue weighted by Crippen LogP contribution is -2.31. The van der Waals surface area contributed by atoms with Crippen molar-refractivity contribution in [3.63, 3.8) is 0 Å². The van der Waals surface area contributed by atoms with Gasteiger partial charge in [-0.2, -0.15) is 9.97 Å². The number of anilines is 2. The highest BCUT2D eigenvalue weighted by Gasteiger charge is 2.50. The van der Waals surface area contributed by atoms with Crippen LogP contribution in [0.4, 0.5) is 16.2 Å². The Bertz CT molecular complexity index is 958. The van der Waals surface area contributed by atoms with E-state index in [2.05, 4.69) is 25.2 Å². The third-order valence-electron chi connectivity index (χ3n) is 6.67. The van der Waals surface area contributed by atoms with Crippen LogP contribution in [0, 0.1) is 11.8 Å². The van der Waals surface area contributed by atoms with Gasteiger partial charge in [0.15, 0.2) is 29.4 Å². The van der Waals surface area contributed by atoms with Gasteiger partial charge in [-0.3, -0.25) is 14.7 Å². The fourth-order valence-corrected chi connectivity index (χ4v) is 3.93. The highest BCUT2D eigenvalue weighted by Crippen LogP contribution is 2.46. The van der Waals surface area contributed by atoms with E-state index in [1.807, 2.05) is 41.7 Å². The second kappa shape index (κ2) is 7.44. The number of fused-ring (bicyclic) bond motifs is 1. The molecule has 0 aromatic carbocycles. The number of carbonyl (C=O) groups is 1. The summed E-state index contributed by atoms with van der Waals surface area (Å²) >= 11 is 0. The van der Waals surface area contributed by atoms with Gasteiger partial charge in [-0.25, -0.2) is 9.37 Å². The first-order valence-corrected chi connectivity index (χ1v) is 10.8. The third-order valence-corrected chi connectivity index (χ3v) is 6.67. The van der Waals surface area contributed by atoms with Crippen LogP contribution in [0.5, 0.6) is 0 Å². The predicted octanol–water partition coefficient (Wildman–Crippen LogP) is 3.69. The second-order valence-electron chi connectivity index (χ2n) is 9.09. The molecule has 2 aromatic rings. The molecule has 0 radical (unpaired) electrons. The summed E-state index contributed by atoms with van der Waals surface area (Å²) in [6.45, 7) is 9.44. The van der Waals surface area contributed by atoms with Crippen LogP contribution < -0.4 is 10.2 Å². The fraction of sp³-hybridized carbons (Fsp3) is 0.714. The van der Waals surface area contributed by atoms with E-state index in [0.717, 1.165) is 12.8 Å². The van der Waals surface area contributed by atoms with E-state index < -0.39 is 18.0 Å². The number of amides is 1. The molecule has 2 fully saturated rings. The average Bonchev–Trinajstić information content (AvgIpc) is 3.45. The molecule has 4 rings (SSSR count). The van der Waals surface area contributed by atoms with E-state index in [1.54, 1.807) is 10.9 Å². The van der Waals surface area contributed by atoms with Gasteiger partial charge in [0, 0.05) is 24.9 Å². The van der Waals surface area contributed by atoms with Crippen LogP contribution in [0.1, 0.15) is 60.1 Å². The Morgan fingerprint density at radius 3 is 2.70 bits per heavy atom. The molecule has 30 heavy (non-hydrogen) atoms. The average molecular weight is 419 g/mol. The van der Waals surface area contributed by atoms with Crippen LogP contribution in [0.3, 0.4) is 0 Å². The Morgan fingerprint density at radius 2 is 2.13 bits per heavy atom. The van der Waals surface area contributed by atoms with Crippen LogP contribution in [-0.4, -0.2) is 50.3 Å². The molecule has 1 saturated carbocycles. The number of alkyl halides is 1. The van der Waals surface area contributed by atoms with Crippen molar-refractivity contribution in [2.24, 2.45) is 11.8 Å². The van der Waals surface area contributed by atoms with Gasteiger partial charge in [-0.05, 0) is 26.2 Å². The first kappa shape index (κ1) is 21.0. The molecule has 164 valence electrons. The number of rotatable bonds is 6. The first-order valence-electron chi connectivity index (χ1n) is 10.8. The SMILES string of the molecule is CC[C@@]1(C)O[C@@H](n2cnc3c(N(C)C4CC4)nc(NC(=O)C(C)C)nc32)[C@H](F)[C@@H]1C. The molecule has 1 amide bonds. The molecule has 1 aliphatic carbocycles. The monoisotopic (exact) mass is 418 g/mol. The van der Waals surface area contributed by atoms with Gasteiger partial charge in [0.25, 0.3) is 0 Å². The highest BCUT2D eigenvalue weighted by molar-refractivity contribution is 5.92. The van der Waals surface area contributed by atoms with Crippen molar-refractivity contribution >= 4 is 28.8 Å². The number of hydrogen-bond acceptors (Lipinski definition) is 6. The van der Waals surface area contributed by atoms with Crippen LogP contribution >= 0.6 is 0 Å². The fourth-order valence-electron chi connectivity index (χ4n) is 3.93. The standard InChI is InChI=1S/C21H31FN6O2/c1-7-21(5)12(4)14(22)19(30-21)28-10-23-15-16(27(6)13-8-9-13)24-20(25-17(15)28)26-18(29)11(2)3/h10-14,19H,7-9H2,1-6H3,(H,24,25,26,29)/t12-,14+,19+,21+/m0/s1. The Morgan fingerprint density at radius 1 is 1.43 bits per heavy atom. The van der Waals surface area contributed by atoms with E-state index >= 15 is 4.39 Å². The van der Waals surface area contributed by atoms with Crippen molar-refractivity contribution in [2.75, 3.05) is 17.3 Å². The van der Waals surface area contributed by atoms with Crippen molar-refractivity contribution in [1.29, 1.82) is 0 Å².